The van der Waals surface area contributed by atoms with Gasteiger partial charge in [0.1, 0.15) is 0 Å². The maximum absolute atomic E-state index is 12.3. The van der Waals surface area contributed by atoms with Crippen LogP contribution in [0.4, 0.5) is 5.69 Å². The molecule has 3 aromatic rings. The number of nitrogens with one attached hydrogen (secondary N) is 1. The monoisotopic (exact) mass is 301 g/mol. The Morgan fingerprint density at radius 3 is 2.17 bits per heavy atom. The number of carbonyl (C=O) groups excluding carboxylic acids is 1. The Morgan fingerprint density at radius 2 is 1.52 bits per heavy atom. The number of benzene rings is 3. The van der Waals surface area contributed by atoms with Crippen LogP contribution in [0.2, 0.25) is 0 Å². The highest BCUT2D eigenvalue weighted by molar-refractivity contribution is 6.04. The van der Waals surface area contributed by atoms with E-state index in [0.717, 1.165) is 11.3 Å². The molecule has 114 valence electrons. The quantitative estimate of drug-likeness (QED) is 0.705. The van der Waals surface area contributed by atoms with E-state index in [1.165, 1.54) is 16.7 Å². The van der Waals surface area contributed by atoms with Gasteiger partial charge in [0.25, 0.3) is 5.91 Å². The molecular weight excluding hydrogens is 282 g/mol. The third-order valence-corrected chi connectivity index (χ3v) is 3.87. The van der Waals surface area contributed by atoms with E-state index in [9.17, 15) is 4.79 Å². The predicted molar refractivity (Wildman–Crippen MR) is 95.7 cm³/mol. The number of para-hydroxylation sites is 1. The molecule has 0 fully saturated rings. The second kappa shape index (κ2) is 6.49. The lowest BCUT2D eigenvalue weighted by molar-refractivity contribution is 0.102. The largest absolute Gasteiger partial charge is 0.322 e. The highest BCUT2D eigenvalue weighted by Crippen LogP contribution is 2.24. The van der Waals surface area contributed by atoms with Gasteiger partial charge < -0.3 is 5.32 Å². The molecular formula is C21H19NO. The van der Waals surface area contributed by atoms with E-state index in [-0.39, 0.29) is 5.91 Å². The minimum atomic E-state index is -0.0941. The molecule has 0 radical (unpaired) electrons. The molecule has 1 N–H and O–H groups in total. The second-order valence-corrected chi connectivity index (χ2v) is 5.72. The summed E-state index contributed by atoms with van der Waals surface area (Å²) in [5.74, 6) is -0.0941. The van der Waals surface area contributed by atoms with Crippen LogP contribution in [0.5, 0.6) is 0 Å². The van der Waals surface area contributed by atoms with Crippen LogP contribution in [-0.4, -0.2) is 5.91 Å². The summed E-state index contributed by atoms with van der Waals surface area (Å²) in [6.07, 6.45) is 0. The van der Waals surface area contributed by atoms with Crippen molar-refractivity contribution in [3.05, 3.63) is 89.5 Å². The van der Waals surface area contributed by atoms with Crippen LogP contribution in [0, 0.1) is 13.8 Å². The van der Waals surface area contributed by atoms with Crippen LogP contribution < -0.4 is 5.32 Å². The Morgan fingerprint density at radius 1 is 0.826 bits per heavy atom. The van der Waals surface area contributed by atoms with Gasteiger partial charge in [0.15, 0.2) is 0 Å². The standard InChI is InChI=1S/C21H19NO/c1-15-8-13-20(16(2)14-15)17-9-11-18(12-10-17)21(23)22-19-6-4-3-5-7-19/h3-14H,1-2H3,(H,22,23). The highest BCUT2D eigenvalue weighted by atomic mass is 16.1. The van der Waals surface area contributed by atoms with E-state index < -0.39 is 0 Å². The molecule has 0 saturated carbocycles. The third-order valence-electron chi connectivity index (χ3n) is 3.87. The van der Waals surface area contributed by atoms with Crippen molar-refractivity contribution in [1.82, 2.24) is 0 Å². The molecule has 3 rings (SSSR count). The molecule has 0 aliphatic heterocycles. The summed E-state index contributed by atoms with van der Waals surface area (Å²) < 4.78 is 0. The molecule has 3 aromatic carbocycles. The molecule has 0 atom stereocenters. The summed E-state index contributed by atoms with van der Waals surface area (Å²) in [6.45, 7) is 4.20. The molecule has 0 aliphatic rings. The second-order valence-electron chi connectivity index (χ2n) is 5.72. The summed E-state index contributed by atoms with van der Waals surface area (Å²) in [5.41, 5.74) is 6.28. The average molecular weight is 301 g/mol. The molecule has 23 heavy (non-hydrogen) atoms. The van der Waals surface area contributed by atoms with Crippen LogP contribution in [0.15, 0.2) is 72.8 Å². The number of carbonyl (C=O) groups is 1. The van der Waals surface area contributed by atoms with Gasteiger partial charge in [-0.1, -0.05) is 54.1 Å². The van der Waals surface area contributed by atoms with E-state index in [1.54, 1.807) is 0 Å². The minimum Gasteiger partial charge on any atom is -0.322 e. The van der Waals surface area contributed by atoms with Crippen molar-refractivity contribution in [3.63, 3.8) is 0 Å². The summed E-state index contributed by atoms with van der Waals surface area (Å²) in [7, 11) is 0. The van der Waals surface area contributed by atoms with Gasteiger partial charge in [-0.15, -0.1) is 0 Å². The lowest BCUT2D eigenvalue weighted by Gasteiger charge is -2.09. The lowest BCUT2D eigenvalue weighted by Crippen LogP contribution is -2.11. The fourth-order valence-electron chi connectivity index (χ4n) is 2.66. The smallest absolute Gasteiger partial charge is 0.255 e. The zero-order valence-electron chi connectivity index (χ0n) is 13.3. The first-order chi connectivity index (χ1) is 11.1. The maximum Gasteiger partial charge on any atom is 0.255 e. The van der Waals surface area contributed by atoms with Gasteiger partial charge >= 0.3 is 0 Å². The number of hydrogen-bond acceptors (Lipinski definition) is 1. The van der Waals surface area contributed by atoms with Crippen LogP contribution in [0.1, 0.15) is 21.5 Å². The summed E-state index contributed by atoms with van der Waals surface area (Å²) in [6, 6.07) is 23.6. The van der Waals surface area contributed by atoms with Gasteiger partial charge in [-0.25, -0.2) is 0 Å². The van der Waals surface area contributed by atoms with Gasteiger partial charge in [0.05, 0.1) is 0 Å². The van der Waals surface area contributed by atoms with Crippen LogP contribution >= 0.6 is 0 Å². The van der Waals surface area contributed by atoms with Crippen LogP contribution in [0.25, 0.3) is 11.1 Å². The SMILES string of the molecule is Cc1ccc(-c2ccc(C(=O)Nc3ccccc3)cc2)c(C)c1. The normalized spacial score (nSPS) is 10.3. The molecule has 0 spiro atoms. The van der Waals surface area contributed by atoms with Crippen LogP contribution in [-0.2, 0) is 0 Å². The number of rotatable bonds is 3. The Labute approximate surface area is 136 Å². The molecule has 0 saturated heterocycles. The van der Waals surface area contributed by atoms with Crippen LogP contribution in [0.3, 0.4) is 0 Å². The van der Waals surface area contributed by atoms with E-state index >= 15 is 0 Å². The van der Waals surface area contributed by atoms with Gasteiger partial charge in [-0.05, 0) is 54.8 Å². The van der Waals surface area contributed by atoms with Crippen molar-refractivity contribution in [3.8, 4) is 11.1 Å². The van der Waals surface area contributed by atoms with Gasteiger partial charge in [0.2, 0.25) is 0 Å². The molecule has 0 aromatic heterocycles. The van der Waals surface area contributed by atoms with Crippen molar-refractivity contribution in [2.45, 2.75) is 13.8 Å². The van der Waals surface area contributed by atoms with Gasteiger partial charge in [-0.2, -0.15) is 0 Å². The minimum absolute atomic E-state index is 0.0941. The fraction of sp³-hybridized carbons (Fsp3) is 0.0952. The Balaban J connectivity index is 1.80. The average Bonchev–Trinajstić information content (AvgIpc) is 2.56. The van der Waals surface area contributed by atoms with E-state index in [2.05, 4.69) is 37.4 Å². The molecule has 0 heterocycles. The molecule has 2 heteroatoms. The number of aryl methyl sites for hydroxylation is 2. The molecule has 2 nitrogen and oxygen atoms in total. The number of amides is 1. The van der Waals surface area contributed by atoms with E-state index in [1.807, 2.05) is 54.6 Å². The van der Waals surface area contributed by atoms with E-state index in [0.29, 0.717) is 5.56 Å². The third kappa shape index (κ3) is 3.49. The zero-order valence-corrected chi connectivity index (χ0v) is 13.3. The maximum atomic E-state index is 12.3. The summed E-state index contributed by atoms with van der Waals surface area (Å²) >= 11 is 0. The van der Waals surface area contributed by atoms with Crippen molar-refractivity contribution in [2.24, 2.45) is 0 Å². The first kappa shape index (κ1) is 15.0. The van der Waals surface area contributed by atoms with Gasteiger partial charge in [-0.3, -0.25) is 4.79 Å². The fourth-order valence-corrected chi connectivity index (χ4v) is 2.66. The van der Waals surface area contributed by atoms with E-state index in [4.69, 9.17) is 0 Å². The Bertz CT molecular complexity index is 820. The van der Waals surface area contributed by atoms with Crippen molar-refractivity contribution in [2.75, 3.05) is 5.32 Å². The van der Waals surface area contributed by atoms with Crippen molar-refractivity contribution < 1.29 is 4.79 Å². The Hall–Kier alpha value is -2.87. The number of hydrogen-bond donors (Lipinski definition) is 1. The van der Waals surface area contributed by atoms with Crippen molar-refractivity contribution in [1.29, 1.82) is 0 Å². The predicted octanol–water partition coefficient (Wildman–Crippen LogP) is 5.22. The van der Waals surface area contributed by atoms with Crippen molar-refractivity contribution >= 4 is 11.6 Å². The Kier molecular flexibility index (Phi) is 4.24. The lowest BCUT2D eigenvalue weighted by atomic mass is 9.98. The molecule has 0 unspecified atom stereocenters. The first-order valence-electron chi connectivity index (χ1n) is 7.67. The molecule has 1 amide bonds. The summed E-state index contributed by atoms with van der Waals surface area (Å²) in [5, 5.41) is 2.90. The molecule has 0 bridgehead atoms. The number of anilines is 1. The van der Waals surface area contributed by atoms with Gasteiger partial charge in [0, 0.05) is 11.3 Å². The topological polar surface area (TPSA) is 29.1 Å². The first-order valence-corrected chi connectivity index (χ1v) is 7.67. The zero-order chi connectivity index (χ0) is 16.2. The molecule has 0 aliphatic carbocycles. The summed E-state index contributed by atoms with van der Waals surface area (Å²) in [4.78, 5) is 12.3. The highest BCUT2D eigenvalue weighted by Gasteiger charge is 2.07.